The van der Waals surface area contributed by atoms with E-state index in [2.05, 4.69) is 0 Å². The van der Waals surface area contributed by atoms with Crippen molar-refractivity contribution in [3.8, 4) is 0 Å². The maximum atomic E-state index is 12.2. The molecule has 3 nitrogen and oxygen atoms in total. The fourth-order valence-electron chi connectivity index (χ4n) is 0.607. The van der Waals surface area contributed by atoms with Crippen molar-refractivity contribution in [2.24, 2.45) is 0 Å². The van der Waals surface area contributed by atoms with Gasteiger partial charge < -0.3 is 0 Å². The van der Waals surface area contributed by atoms with Crippen LogP contribution >= 0.6 is 0 Å². The van der Waals surface area contributed by atoms with Crippen LogP contribution in [0.5, 0.6) is 0 Å². The Hall–Kier alpha value is -1.01. The zero-order valence-electron chi connectivity index (χ0n) is 5.77. The first-order valence-corrected chi connectivity index (χ1v) is 4.17. The quantitative estimate of drug-likeness (QED) is 0.687. The lowest BCUT2D eigenvalue weighted by Gasteiger charge is -1.93. The van der Waals surface area contributed by atoms with Crippen molar-refractivity contribution in [2.75, 3.05) is 0 Å². The Balaban J connectivity index is 0.00000121. The van der Waals surface area contributed by atoms with Crippen molar-refractivity contribution in [3.63, 3.8) is 0 Å². The van der Waals surface area contributed by atoms with Gasteiger partial charge in [-0.3, -0.25) is 9.26 Å². The maximum absolute atomic E-state index is 12.2. The molecule has 0 amide bonds. The predicted molar refractivity (Wildman–Crippen MR) is 38.7 cm³/mol. The van der Waals surface area contributed by atoms with E-state index in [1.165, 1.54) is 0 Å². The highest BCUT2D eigenvalue weighted by atomic mass is 32.2. The van der Waals surface area contributed by atoms with Gasteiger partial charge in [0, 0.05) is 0 Å². The summed E-state index contributed by atoms with van der Waals surface area (Å²) in [5, 5.41) is 0. The molecule has 0 heterocycles. The topological polar surface area (TPSA) is 54.4 Å². The van der Waals surface area contributed by atoms with Crippen LogP contribution in [0.15, 0.2) is 29.2 Å². The second-order valence-corrected chi connectivity index (χ2v) is 3.35. The highest BCUT2D eigenvalue weighted by Crippen LogP contribution is 2.08. The Morgan fingerprint density at radius 1 is 1.17 bits per heavy atom. The molecule has 0 aliphatic heterocycles. The van der Waals surface area contributed by atoms with Crippen molar-refractivity contribution in [1.82, 2.24) is 0 Å². The van der Waals surface area contributed by atoms with E-state index in [0.717, 1.165) is 24.3 Å². The van der Waals surface area contributed by atoms with E-state index in [4.69, 9.17) is 4.55 Å². The fraction of sp³-hybridized carbons (Fsp3) is 0. The molecule has 0 fully saturated rings. The van der Waals surface area contributed by atoms with E-state index in [1.54, 1.807) is 0 Å². The molecule has 68 valence electrons. The highest BCUT2D eigenvalue weighted by Gasteiger charge is 2.07. The van der Waals surface area contributed by atoms with Gasteiger partial charge in [-0.1, -0.05) is 0 Å². The lowest BCUT2D eigenvalue weighted by atomic mass is 10.4. The molecular weight excluding hydrogens is 190 g/mol. The molecule has 1 aromatic carbocycles. The molecule has 1 aromatic rings. The summed E-state index contributed by atoms with van der Waals surface area (Å²) in [5.74, 6) is -0.544. The average Bonchev–Trinajstić information content (AvgIpc) is 1.86. The van der Waals surface area contributed by atoms with Crippen molar-refractivity contribution in [3.05, 3.63) is 30.1 Å². The van der Waals surface area contributed by atoms with Crippen LogP contribution in [0.4, 0.5) is 9.09 Å². The van der Waals surface area contributed by atoms with Crippen LogP contribution in [0, 0.1) is 5.82 Å². The second kappa shape index (κ2) is 3.59. The predicted octanol–water partition coefficient (Wildman–Crippen LogP) is 1.22. The largest absolute Gasteiger partial charge is 0.294 e. The number of rotatable bonds is 1. The SMILES string of the molecule is F.O=S(=O)(O)c1ccc(F)cc1. The van der Waals surface area contributed by atoms with Crippen LogP contribution < -0.4 is 0 Å². The molecule has 0 spiro atoms. The molecule has 0 saturated heterocycles. The zero-order valence-corrected chi connectivity index (χ0v) is 6.58. The normalized spacial score (nSPS) is 10.5. The standard InChI is InChI=1S/C6H5FO3S.FH/c7-5-1-3-6(4-2-5)11(8,9)10;/h1-4H,(H,8,9,10);1H. The van der Waals surface area contributed by atoms with Gasteiger partial charge in [-0.15, -0.1) is 0 Å². The van der Waals surface area contributed by atoms with Gasteiger partial charge in [0.25, 0.3) is 10.1 Å². The Morgan fingerprint density at radius 2 is 1.58 bits per heavy atom. The Labute approximate surface area is 68.0 Å². The molecule has 0 aromatic heterocycles. The second-order valence-electron chi connectivity index (χ2n) is 1.93. The summed E-state index contributed by atoms with van der Waals surface area (Å²) in [4.78, 5) is -0.307. The minimum atomic E-state index is -4.19. The number of hydrogen-bond donors (Lipinski definition) is 1. The minimum Gasteiger partial charge on any atom is -0.282 e. The van der Waals surface area contributed by atoms with Crippen molar-refractivity contribution in [1.29, 1.82) is 0 Å². The summed E-state index contributed by atoms with van der Waals surface area (Å²) < 4.78 is 41.4. The zero-order chi connectivity index (χ0) is 8.48. The molecule has 0 unspecified atom stereocenters. The van der Waals surface area contributed by atoms with Gasteiger partial charge in [-0.2, -0.15) is 8.42 Å². The van der Waals surface area contributed by atoms with Gasteiger partial charge in [0.05, 0.1) is 4.90 Å². The van der Waals surface area contributed by atoms with Gasteiger partial charge in [-0.05, 0) is 24.3 Å². The van der Waals surface area contributed by atoms with Crippen LogP contribution in [-0.2, 0) is 10.1 Å². The first-order chi connectivity index (χ1) is 5.00. The molecule has 0 saturated carbocycles. The van der Waals surface area contributed by atoms with Gasteiger partial charge in [0.1, 0.15) is 5.82 Å². The van der Waals surface area contributed by atoms with Crippen LogP contribution in [0.3, 0.4) is 0 Å². The Morgan fingerprint density at radius 3 is 1.92 bits per heavy atom. The van der Waals surface area contributed by atoms with E-state index >= 15 is 0 Å². The minimum absolute atomic E-state index is 0. The maximum Gasteiger partial charge on any atom is 0.294 e. The van der Waals surface area contributed by atoms with Crippen LogP contribution in [0.25, 0.3) is 0 Å². The third-order valence-electron chi connectivity index (χ3n) is 1.11. The molecule has 0 aliphatic carbocycles. The molecule has 0 bridgehead atoms. The van der Waals surface area contributed by atoms with Gasteiger partial charge in [0.2, 0.25) is 0 Å². The summed E-state index contributed by atoms with van der Waals surface area (Å²) >= 11 is 0. The van der Waals surface area contributed by atoms with Crippen LogP contribution in [0.2, 0.25) is 0 Å². The summed E-state index contributed by atoms with van der Waals surface area (Å²) in [6.07, 6.45) is 0. The van der Waals surface area contributed by atoms with E-state index < -0.39 is 15.9 Å². The van der Waals surface area contributed by atoms with Crippen LogP contribution in [0.1, 0.15) is 0 Å². The Kier molecular flexibility index (Phi) is 3.29. The lowest BCUT2D eigenvalue weighted by molar-refractivity contribution is 0.483. The Bertz CT molecular complexity index is 344. The van der Waals surface area contributed by atoms with E-state index in [9.17, 15) is 12.8 Å². The third kappa shape index (κ3) is 2.55. The van der Waals surface area contributed by atoms with Crippen molar-refractivity contribution in [2.45, 2.75) is 4.90 Å². The molecule has 12 heavy (non-hydrogen) atoms. The first kappa shape index (κ1) is 11.0. The smallest absolute Gasteiger partial charge is 0.282 e. The number of benzene rings is 1. The number of halogens is 2. The molecule has 1 N–H and O–H groups in total. The van der Waals surface area contributed by atoms with Crippen molar-refractivity contribution >= 4 is 10.1 Å². The van der Waals surface area contributed by atoms with Gasteiger partial charge in [-0.25, -0.2) is 4.39 Å². The molecule has 0 radical (unpaired) electrons. The first-order valence-electron chi connectivity index (χ1n) is 2.73. The van der Waals surface area contributed by atoms with Crippen LogP contribution in [-0.4, -0.2) is 13.0 Å². The number of hydrogen-bond acceptors (Lipinski definition) is 2. The molecule has 6 heteroatoms. The third-order valence-corrected chi connectivity index (χ3v) is 1.98. The van der Waals surface area contributed by atoms with Gasteiger partial charge in [0.15, 0.2) is 0 Å². The van der Waals surface area contributed by atoms with E-state index in [-0.39, 0.29) is 9.60 Å². The molecule has 0 atom stereocenters. The van der Waals surface area contributed by atoms with E-state index in [0.29, 0.717) is 0 Å². The van der Waals surface area contributed by atoms with Crippen molar-refractivity contribution < 1.29 is 22.1 Å². The highest BCUT2D eigenvalue weighted by molar-refractivity contribution is 7.85. The fourth-order valence-corrected chi connectivity index (χ4v) is 1.09. The molecule has 0 aliphatic rings. The van der Waals surface area contributed by atoms with E-state index in [1.807, 2.05) is 0 Å². The summed E-state index contributed by atoms with van der Waals surface area (Å²) in [6, 6.07) is 3.90. The molecule has 1 rings (SSSR count). The summed E-state index contributed by atoms with van der Waals surface area (Å²) in [6.45, 7) is 0. The summed E-state index contributed by atoms with van der Waals surface area (Å²) in [7, 11) is -4.19. The molecular formula is C6H6F2O3S. The average molecular weight is 196 g/mol. The lowest BCUT2D eigenvalue weighted by Crippen LogP contribution is -1.97. The van der Waals surface area contributed by atoms with Gasteiger partial charge >= 0.3 is 0 Å². The monoisotopic (exact) mass is 196 g/mol. The summed E-state index contributed by atoms with van der Waals surface area (Å²) in [5.41, 5.74) is 0.